The summed E-state index contributed by atoms with van der Waals surface area (Å²) in [5.74, 6) is 0.382. The van der Waals surface area contributed by atoms with E-state index in [4.69, 9.17) is 0 Å². The lowest BCUT2D eigenvalue weighted by Gasteiger charge is -2.11. The summed E-state index contributed by atoms with van der Waals surface area (Å²) in [6.07, 6.45) is 0. The molecule has 0 unspecified atom stereocenters. The summed E-state index contributed by atoms with van der Waals surface area (Å²) in [4.78, 5) is 7.62. The van der Waals surface area contributed by atoms with Gasteiger partial charge in [-0.25, -0.2) is 4.98 Å². The molecule has 1 rings (SSSR count). The van der Waals surface area contributed by atoms with E-state index >= 15 is 0 Å². The largest absolute Gasteiger partial charge is 0.391 e. The molecule has 1 aromatic heterocycles. The van der Waals surface area contributed by atoms with E-state index in [9.17, 15) is 5.11 Å². The molecule has 0 saturated heterocycles. The fourth-order valence-electron chi connectivity index (χ4n) is 1.21. The minimum Gasteiger partial charge on any atom is -0.391 e. The van der Waals surface area contributed by atoms with Gasteiger partial charge < -0.3 is 10.0 Å². The highest BCUT2D eigenvalue weighted by molar-refractivity contribution is 7.15. The minimum atomic E-state index is 0.0999. The minimum absolute atomic E-state index is 0.0999. The third kappa shape index (κ3) is 2.25. The van der Waals surface area contributed by atoms with Crippen molar-refractivity contribution in [2.75, 3.05) is 18.5 Å². The number of hydrogen-bond donors (Lipinski definition) is 1. The van der Waals surface area contributed by atoms with Gasteiger partial charge in [-0.1, -0.05) is 25.2 Å². The lowest BCUT2D eigenvalue weighted by atomic mass is 10.1. The monoisotopic (exact) mass is 214 g/mol. The second kappa shape index (κ2) is 4.75. The molecule has 0 amide bonds. The van der Waals surface area contributed by atoms with Gasteiger partial charge in [0.15, 0.2) is 5.13 Å². The molecule has 1 N–H and O–H groups in total. The van der Waals surface area contributed by atoms with Gasteiger partial charge in [-0.15, -0.1) is 0 Å². The van der Waals surface area contributed by atoms with E-state index in [0.717, 1.165) is 22.2 Å². The molecular formula is C10H18N2OS. The van der Waals surface area contributed by atoms with Crippen LogP contribution >= 0.6 is 11.3 Å². The van der Waals surface area contributed by atoms with Crippen LogP contribution in [0.5, 0.6) is 0 Å². The Labute approximate surface area is 89.4 Å². The van der Waals surface area contributed by atoms with Gasteiger partial charge >= 0.3 is 0 Å². The number of anilines is 1. The fourth-order valence-corrected chi connectivity index (χ4v) is 2.31. The molecule has 1 aromatic rings. The van der Waals surface area contributed by atoms with Crippen molar-refractivity contribution in [3.63, 3.8) is 0 Å². The van der Waals surface area contributed by atoms with Crippen LogP contribution in [0.2, 0.25) is 0 Å². The zero-order valence-corrected chi connectivity index (χ0v) is 10.1. The molecule has 3 nitrogen and oxygen atoms in total. The molecule has 0 aliphatic rings. The quantitative estimate of drug-likeness (QED) is 0.835. The average molecular weight is 214 g/mol. The Hall–Kier alpha value is -0.610. The molecule has 0 aliphatic heterocycles. The SMILES string of the molecule is CCN(C)c1nc(C(C)C)c(CO)s1. The van der Waals surface area contributed by atoms with Crippen LogP contribution in [0, 0.1) is 0 Å². The van der Waals surface area contributed by atoms with Crippen LogP contribution in [0.1, 0.15) is 37.3 Å². The van der Waals surface area contributed by atoms with Crippen LogP contribution < -0.4 is 4.90 Å². The molecule has 0 saturated carbocycles. The number of thiazole rings is 1. The zero-order chi connectivity index (χ0) is 10.7. The normalized spacial score (nSPS) is 11.0. The predicted octanol–water partition coefficient (Wildman–Crippen LogP) is 2.21. The summed E-state index contributed by atoms with van der Waals surface area (Å²) >= 11 is 1.59. The van der Waals surface area contributed by atoms with Crippen LogP contribution in [0.4, 0.5) is 5.13 Å². The summed E-state index contributed by atoms with van der Waals surface area (Å²) in [6.45, 7) is 7.33. The molecule has 0 fully saturated rings. The number of aromatic nitrogens is 1. The van der Waals surface area contributed by atoms with Crippen molar-refractivity contribution in [1.82, 2.24) is 4.98 Å². The summed E-state index contributed by atoms with van der Waals surface area (Å²) in [5, 5.41) is 10.2. The average Bonchev–Trinajstić information content (AvgIpc) is 2.60. The lowest BCUT2D eigenvalue weighted by Crippen LogP contribution is -2.15. The number of hydrogen-bond acceptors (Lipinski definition) is 4. The zero-order valence-electron chi connectivity index (χ0n) is 9.24. The maximum absolute atomic E-state index is 9.19. The molecule has 80 valence electrons. The van der Waals surface area contributed by atoms with Gasteiger partial charge in [0.25, 0.3) is 0 Å². The molecule has 0 aromatic carbocycles. The van der Waals surface area contributed by atoms with Crippen LogP contribution in [-0.2, 0) is 6.61 Å². The van der Waals surface area contributed by atoms with Crippen LogP contribution in [0.3, 0.4) is 0 Å². The molecular weight excluding hydrogens is 196 g/mol. The topological polar surface area (TPSA) is 36.4 Å². The maximum atomic E-state index is 9.19. The van der Waals surface area contributed by atoms with Crippen molar-refractivity contribution < 1.29 is 5.11 Å². The van der Waals surface area contributed by atoms with Crippen LogP contribution in [-0.4, -0.2) is 23.7 Å². The molecule has 0 aliphatic carbocycles. The molecule has 14 heavy (non-hydrogen) atoms. The Morgan fingerprint density at radius 3 is 2.50 bits per heavy atom. The van der Waals surface area contributed by atoms with Gasteiger partial charge in [-0.3, -0.25) is 0 Å². The lowest BCUT2D eigenvalue weighted by molar-refractivity contribution is 0.283. The van der Waals surface area contributed by atoms with Crippen molar-refractivity contribution in [3.05, 3.63) is 10.6 Å². The predicted molar refractivity (Wildman–Crippen MR) is 61.1 cm³/mol. The first-order valence-electron chi connectivity index (χ1n) is 4.91. The van der Waals surface area contributed by atoms with Gasteiger partial charge in [-0.05, 0) is 12.8 Å². The van der Waals surface area contributed by atoms with Gasteiger partial charge in [0.1, 0.15) is 0 Å². The highest BCUT2D eigenvalue weighted by Crippen LogP contribution is 2.29. The summed E-state index contributed by atoms with van der Waals surface area (Å²) < 4.78 is 0. The van der Waals surface area contributed by atoms with E-state index in [1.807, 2.05) is 7.05 Å². The first kappa shape index (κ1) is 11.5. The fraction of sp³-hybridized carbons (Fsp3) is 0.700. The van der Waals surface area contributed by atoms with E-state index in [2.05, 4.69) is 30.7 Å². The highest BCUT2D eigenvalue weighted by atomic mass is 32.1. The second-order valence-corrected chi connectivity index (χ2v) is 4.69. The van der Waals surface area contributed by atoms with Crippen LogP contribution in [0.25, 0.3) is 0 Å². The first-order valence-corrected chi connectivity index (χ1v) is 5.73. The number of aliphatic hydroxyl groups is 1. The molecule has 0 atom stereocenters. The molecule has 0 radical (unpaired) electrons. The maximum Gasteiger partial charge on any atom is 0.185 e. The molecule has 1 heterocycles. The van der Waals surface area contributed by atoms with Crippen molar-refractivity contribution in [2.24, 2.45) is 0 Å². The van der Waals surface area contributed by atoms with Crippen molar-refractivity contribution in [3.8, 4) is 0 Å². The Bertz CT molecular complexity index is 296. The Balaban J connectivity index is 3.00. The van der Waals surface area contributed by atoms with E-state index in [1.54, 1.807) is 11.3 Å². The molecule has 0 bridgehead atoms. The highest BCUT2D eigenvalue weighted by Gasteiger charge is 2.14. The van der Waals surface area contributed by atoms with Gasteiger partial charge in [-0.2, -0.15) is 0 Å². The van der Waals surface area contributed by atoms with Gasteiger partial charge in [0.05, 0.1) is 17.2 Å². The molecule has 0 spiro atoms. The number of aliphatic hydroxyl groups excluding tert-OH is 1. The molecule has 4 heteroatoms. The van der Waals surface area contributed by atoms with E-state index < -0.39 is 0 Å². The first-order chi connectivity index (χ1) is 6.60. The summed E-state index contributed by atoms with van der Waals surface area (Å²) in [7, 11) is 2.02. The number of rotatable bonds is 4. The van der Waals surface area contributed by atoms with E-state index in [-0.39, 0.29) is 6.61 Å². The smallest absolute Gasteiger partial charge is 0.185 e. The van der Waals surface area contributed by atoms with E-state index in [1.165, 1.54) is 0 Å². The number of nitrogens with zero attached hydrogens (tertiary/aromatic N) is 2. The van der Waals surface area contributed by atoms with Gasteiger partial charge in [0.2, 0.25) is 0 Å². The Kier molecular flexibility index (Phi) is 3.89. The Morgan fingerprint density at radius 2 is 2.14 bits per heavy atom. The summed E-state index contributed by atoms with van der Waals surface area (Å²) in [6, 6.07) is 0. The third-order valence-corrected chi connectivity index (χ3v) is 3.38. The van der Waals surface area contributed by atoms with Crippen LogP contribution in [0.15, 0.2) is 0 Å². The Morgan fingerprint density at radius 1 is 1.50 bits per heavy atom. The van der Waals surface area contributed by atoms with Crippen molar-refractivity contribution >= 4 is 16.5 Å². The van der Waals surface area contributed by atoms with Crippen molar-refractivity contribution in [1.29, 1.82) is 0 Å². The summed E-state index contributed by atoms with van der Waals surface area (Å²) in [5.41, 5.74) is 1.04. The standard InChI is InChI=1S/C10H18N2OS/c1-5-12(4)10-11-9(7(2)3)8(6-13)14-10/h7,13H,5-6H2,1-4H3. The van der Waals surface area contributed by atoms with Gasteiger partial charge in [0, 0.05) is 13.6 Å². The van der Waals surface area contributed by atoms with Crippen molar-refractivity contribution in [2.45, 2.75) is 33.3 Å². The third-order valence-electron chi connectivity index (χ3n) is 2.21. The second-order valence-electron chi connectivity index (χ2n) is 3.63. The van der Waals surface area contributed by atoms with E-state index in [0.29, 0.717) is 5.92 Å².